The van der Waals surface area contributed by atoms with Crippen molar-refractivity contribution in [3.63, 3.8) is 0 Å². The smallest absolute Gasteiger partial charge is 0.407 e. The van der Waals surface area contributed by atoms with Crippen LogP contribution in [0.5, 0.6) is 0 Å². The minimum absolute atomic E-state index is 0.0367. The van der Waals surface area contributed by atoms with Gasteiger partial charge in [-0.3, -0.25) is 4.79 Å². The molecule has 2 amide bonds. The fraction of sp³-hybridized carbons (Fsp3) is 0.619. The van der Waals surface area contributed by atoms with Gasteiger partial charge in [0.25, 0.3) is 0 Å². The molecule has 1 aliphatic rings. The third-order valence-corrected chi connectivity index (χ3v) is 5.27. The Morgan fingerprint density at radius 1 is 1.22 bits per heavy atom. The molecule has 6 heteroatoms. The van der Waals surface area contributed by atoms with E-state index in [2.05, 4.69) is 5.32 Å². The predicted molar refractivity (Wildman–Crippen MR) is 106 cm³/mol. The molecule has 2 rings (SSSR count). The lowest BCUT2D eigenvalue weighted by Crippen LogP contribution is -2.58. The van der Waals surface area contributed by atoms with Crippen molar-refractivity contribution < 1.29 is 14.3 Å². The highest BCUT2D eigenvalue weighted by molar-refractivity contribution is 5.82. The Labute approximate surface area is 162 Å². The number of nitrogens with one attached hydrogen (secondary N) is 1. The molecule has 0 radical (unpaired) electrons. The van der Waals surface area contributed by atoms with Crippen molar-refractivity contribution in [2.24, 2.45) is 11.7 Å². The van der Waals surface area contributed by atoms with Crippen molar-refractivity contribution in [1.82, 2.24) is 10.2 Å². The SMILES string of the molecule is CCN(C(=O)[C@@H](N)C(C)C)[C@@H]1CCCC[C@@H]1NC(=O)OCc1ccccc1. The molecule has 0 unspecified atom stereocenters. The molecule has 3 atom stereocenters. The van der Waals surface area contributed by atoms with Gasteiger partial charge in [-0.2, -0.15) is 0 Å². The van der Waals surface area contributed by atoms with Crippen LogP contribution in [0.3, 0.4) is 0 Å². The van der Waals surface area contributed by atoms with Crippen molar-refractivity contribution in [3.05, 3.63) is 35.9 Å². The number of likely N-dealkylation sites (N-methyl/N-ethyl adjacent to an activating group) is 1. The predicted octanol–water partition coefficient (Wildman–Crippen LogP) is 3.06. The van der Waals surface area contributed by atoms with E-state index in [1.807, 2.05) is 56.0 Å². The van der Waals surface area contributed by atoms with Crippen LogP contribution in [0.1, 0.15) is 52.0 Å². The van der Waals surface area contributed by atoms with E-state index >= 15 is 0 Å². The molecular weight excluding hydrogens is 342 g/mol. The first kappa shape index (κ1) is 21.2. The number of alkyl carbamates (subject to hydrolysis) is 1. The molecule has 1 aliphatic carbocycles. The van der Waals surface area contributed by atoms with E-state index in [0.717, 1.165) is 31.2 Å². The number of nitrogens with two attached hydrogens (primary N) is 1. The molecular formula is C21H33N3O3. The Hall–Kier alpha value is -2.08. The summed E-state index contributed by atoms with van der Waals surface area (Å²) in [6, 6.07) is 8.93. The van der Waals surface area contributed by atoms with Gasteiger partial charge in [-0.25, -0.2) is 4.79 Å². The Morgan fingerprint density at radius 3 is 2.52 bits per heavy atom. The second-order valence-corrected chi connectivity index (χ2v) is 7.56. The van der Waals surface area contributed by atoms with Crippen LogP contribution in [0.2, 0.25) is 0 Å². The van der Waals surface area contributed by atoms with E-state index in [0.29, 0.717) is 6.54 Å². The molecule has 150 valence electrons. The molecule has 0 aliphatic heterocycles. The van der Waals surface area contributed by atoms with E-state index in [-0.39, 0.29) is 30.5 Å². The van der Waals surface area contributed by atoms with Gasteiger partial charge in [-0.1, -0.05) is 57.0 Å². The maximum absolute atomic E-state index is 12.8. The summed E-state index contributed by atoms with van der Waals surface area (Å²) in [6.07, 6.45) is 3.34. The zero-order valence-corrected chi connectivity index (χ0v) is 16.7. The van der Waals surface area contributed by atoms with Gasteiger partial charge in [0.05, 0.1) is 18.1 Å². The number of hydrogen-bond acceptors (Lipinski definition) is 4. The molecule has 0 aromatic heterocycles. The van der Waals surface area contributed by atoms with Crippen molar-refractivity contribution in [2.75, 3.05) is 6.54 Å². The normalized spacial score (nSPS) is 20.8. The van der Waals surface area contributed by atoms with E-state index in [1.54, 1.807) is 0 Å². The molecule has 1 aromatic rings. The van der Waals surface area contributed by atoms with E-state index < -0.39 is 12.1 Å². The van der Waals surface area contributed by atoms with Crippen molar-refractivity contribution in [3.8, 4) is 0 Å². The summed E-state index contributed by atoms with van der Waals surface area (Å²) in [4.78, 5) is 26.9. The van der Waals surface area contributed by atoms with Gasteiger partial charge < -0.3 is 20.7 Å². The summed E-state index contributed by atoms with van der Waals surface area (Å²) >= 11 is 0. The Balaban J connectivity index is 1.98. The molecule has 0 spiro atoms. The van der Waals surface area contributed by atoms with Crippen LogP contribution >= 0.6 is 0 Å². The maximum atomic E-state index is 12.8. The quantitative estimate of drug-likeness (QED) is 0.767. The Kier molecular flexibility index (Phi) is 8.10. The maximum Gasteiger partial charge on any atom is 0.407 e. The van der Waals surface area contributed by atoms with Crippen LogP contribution in [0.4, 0.5) is 4.79 Å². The summed E-state index contributed by atoms with van der Waals surface area (Å²) in [5, 5.41) is 2.98. The Bertz CT molecular complexity index is 606. The third kappa shape index (κ3) is 5.96. The van der Waals surface area contributed by atoms with Crippen molar-refractivity contribution in [1.29, 1.82) is 0 Å². The first-order valence-corrected chi connectivity index (χ1v) is 9.97. The molecule has 0 heterocycles. The number of rotatable bonds is 7. The van der Waals surface area contributed by atoms with Crippen molar-refractivity contribution >= 4 is 12.0 Å². The zero-order valence-electron chi connectivity index (χ0n) is 16.7. The summed E-state index contributed by atoms with van der Waals surface area (Å²) in [5.41, 5.74) is 7.04. The van der Waals surface area contributed by atoms with Gasteiger partial charge in [-0.05, 0) is 31.2 Å². The number of amides is 2. The van der Waals surface area contributed by atoms with Gasteiger partial charge in [0, 0.05) is 6.54 Å². The summed E-state index contributed by atoms with van der Waals surface area (Å²) < 4.78 is 5.36. The molecule has 1 saturated carbocycles. The minimum Gasteiger partial charge on any atom is -0.445 e. The fourth-order valence-electron chi connectivity index (χ4n) is 3.60. The Morgan fingerprint density at radius 2 is 1.89 bits per heavy atom. The molecule has 27 heavy (non-hydrogen) atoms. The van der Waals surface area contributed by atoms with Gasteiger partial charge >= 0.3 is 6.09 Å². The van der Waals surface area contributed by atoms with Gasteiger partial charge in [0.2, 0.25) is 5.91 Å². The molecule has 6 nitrogen and oxygen atoms in total. The lowest BCUT2D eigenvalue weighted by molar-refractivity contribution is -0.137. The van der Waals surface area contributed by atoms with Crippen LogP contribution in [0, 0.1) is 5.92 Å². The van der Waals surface area contributed by atoms with Gasteiger partial charge in [0.15, 0.2) is 0 Å². The lowest BCUT2D eigenvalue weighted by Gasteiger charge is -2.41. The van der Waals surface area contributed by atoms with Crippen LogP contribution < -0.4 is 11.1 Å². The first-order valence-electron chi connectivity index (χ1n) is 9.97. The largest absolute Gasteiger partial charge is 0.445 e. The fourth-order valence-corrected chi connectivity index (χ4v) is 3.60. The van der Waals surface area contributed by atoms with Crippen LogP contribution in [0.15, 0.2) is 30.3 Å². The lowest BCUT2D eigenvalue weighted by atomic mass is 9.88. The van der Waals surface area contributed by atoms with Gasteiger partial charge in [-0.15, -0.1) is 0 Å². The summed E-state index contributed by atoms with van der Waals surface area (Å²) in [5.74, 6) is 0.0428. The minimum atomic E-state index is -0.516. The standard InChI is InChI=1S/C21H33N3O3/c1-4-24(20(25)19(22)15(2)3)18-13-9-8-12-17(18)23-21(26)27-14-16-10-6-5-7-11-16/h5-7,10-11,15,17-19H,4,8-9,12-14,22H2,1-3H3,(H,23,26)/t17-,18+,19-/m0/s1. The van der Waals surface area contributed by atoms with Crippen LogP contribution in [-0.2, 0) is 16.1 Å². The van der Waals surface area contributed by atoms with Crippen LogP contribution in [-0.4, -0.2) is 41.6 Å². The number of hydrogen-bond donors (Lipinski definition) is 2. The highest BCUT2D eigenvalue weighted by atomic mass is 16.5. The average Bonchev–Trinajstić information content (AvgIpc) is 2.68. The first-order chi connectivity index (χ1) is 12.9. The molecule has 0 saturated heterocycles. The molecule has 1 fully saturated rings. The average molecular weight is 376 g/mol. The number of ether oxygens (including phenoxy) is 1. The highest BCUT2D eigenvalue weighted by Crippen LogP contribution is 2.24. The number of carbonyl (C=O) groups is 2. The number of nitrogens with zero attached hydrogens (tertiary/aromatic N) is 1. The number of benzene rings is 1. The number of carbonyl (C=O) groups excluding carboxylic acids is 2. The van der Waals surface area contributed by atoms with Crippen molar-refractivity contribution in [2.45, 2.75) is 71.2 Å². The second-order valence-electron chi connectivity index (χ2n) is 7.56. The van der Waals surface area contributed by atoms with Gasteiger partial charge in [0.1, 0.15) is 6.61 Å². The van der Waals surface area contributed by atoms with E-state index in [4.69, 9.17) is 10.5 Å². The summed E-state index contributed by atoms with van der Waals surface area (Å²) in [6.45, 7) is 6.69. The third-order valence-electron chi connectivity index (χ3n) is 5.27. The topological polar surface area (TPSA) is 84.7 Å². The highest BCUT2D eigenvalue weighted by Gasteiger charge is 2.35. The second kappa shape index (κ2) is 10.3. The molecule has 0 bridgehead atoms. The molecule has 3 N–H and O–H groups in total. The molecule has 1 aromatic carbocycles. The van der Waals surface area contributed by atoms with Crippen LogP contribution in [0.25, 0.3) is 0 Å². The summed E-state index contributed by atoms with van der Waals surface area (Å²) in [7, 11) is 0. The van der Waals surface area contributed by atoms with E-state index in [9.17, 15) is 9.59 Å². The monoisotopic (exact) mass is 375 g/mol. The zero-order chi connectivity index (χ0) is 19.8. The van der Waals surface area contributed by atoms with E-state index in [1.165, 1.54) is 0 Å².